The zero-order valence-corrected chi connectivity index (χ0v) is 15.1. The Hall–Kier alpha value is -1.43. The first-order valence-corrected chi connectivity index (χ1v) is 9.01. The van der Waals surface area contributed by atoms with Crippen molar-refractivity contribution in [1.29, 1.82) is 0 Å². The van der Waals surface area contributed by atoms with Crippen molar-refractivity contribution in [2.75, 3.05) is 13.1 Å². The van der Waals surface area contributed by atoms with Crippen molar-refractivity contribution in [3.05, 3.63) is 46.5 Å². The van der Waals surface area contributed by atoms with Gasteiger partial charge in [0, 0.05) is 11.6 Å². The van der Waals surface area contributed by atoms with E-state index in [1.165, 1.54) is 0 Å². The maximum absolute atomic E-state index is 10.6. The number of hydrogen-bond donors (Lipinski definition) is 1. The van der Waals surface area contributed by atoms with Crippen LogP contribution in [0.2, 0.25) is 5.02 Å². The van der Waals surface area contributed by atoms with Crippen LogP contribution in [0.3, 0.4) is 0 Å². The molecule has 0 bridgehead atoms. The van der Waals surface area contributed by atoms with Crippen molar-refractivity contribution in [1.82, 2.24) is 19.7 Å². The summed E-state index contributed by atoms with van der Waals surface area (Å²) in [7, 11) is 0. The second-order valence-corrected chi connectivity index (χ2v) is 6.95. The second kappa shape index (κ2) is 7.64. The highest BCUT2D eigenvalue weighted by Gasteiger charge is 2.27. The first-order chi connectivity index (χ1) is 11.6. The van der Waals surface area contributed by atoms with Gasteiger partial charge in [0.15, 0.2) is 0 Å². The Bertz CT molecular complexity index is 662. The minimum Gasteiger partial charge on any atom is -0.388 e. The molecule has 1 N–H and O–H groups in total. The van der Waals surface area contributed by atoms with Gasteiger partial charge in [-0.05, 0) is 63.4 Å². The number of piperidine rings is 1. The van der Waals surface area contributed by atoms with E-state index in [9.17, 15) is 5.11 Å². The molecule has 24 heavy (non-hydrogen) atoms. The molecule has 3 rings (SSSR count). The standard InChI is InChI=1S/C18H25ClN4O/c1-3-23-13(2)20-21-17(23)12-22-10-8-15(9-11-22)18(24)14-4-6-16(19)7-5-14/h4-7,15,18,24H,3,8-12H2,1-2H3. The van der Waals surface area contributed by atoms with E-state index in [0.717, 1.165) is 56.2 Å². The second-order valence-electron chi connectivity index (χ2n) is 6.52. The highest BCUT2D eigenvalue weighted by molar-refractivity contribution is 6.30. The number of halogens is 1. The molecular weight excluding hydrogens is 324 g/mol. The summed E-state index contributed by atoms with van der Waals surface area (Å²) in [5.41, 5.74) is 0.958. The molecule has 1 aliphatic heterocycles. The molecule has 2 aromatic rings. The smallest absolute Gasteiger partial charge is 0.147 e. The molecule has 2 heterocycles. The molecule has 1 unspecified atom stereocenters. The first-order valence-electron chi connectivity index (χ1n) is 8.63. The van der Waals surface area contributed by atoms with E-state index in [2.05, 4.69) is 26.6 Å². The average molecular weight is 349 g/mol. The molecule has 1 fully saturated rings. The quantitative estimate of drug-likeness (QED) is 0.901. The van der Waals surface area contributed by atoms with Crippen LogP contribution in [0.15, 0.2) is 24.3 Å². The van der Waals surface area contributed by atoms with Gasteiger partial charge in [0.05, 0.1) is 12.6 Å². The Morgan fingerprint density at radius 3 is 2.50 bits per heavy atom. The monoisotopic (exact) mass is 348 g/mol. The molecule has 130 valence electrons. The van der Waals surface area contributed by atoms with Gasteiger partial charge in [-0.2, -0.15) is 0 Å². The number of aromatic nitrogens is 3. The summed E-state index contributed by atoms with van der Waals surface area (Å²) in [6.07, 6.45) is 1.57. The van der Waals surface area contributed by atoms with E-state index in [-0.39, 0.29) is 0 Å². The topological polar surface area (TPSA) is 54.2 Å². The van der Waals surface area contributed by atoms with Crippen LogP contribution in [0.5, 0.6) is 0 Å². The molecular formula is C18H25ClN4O. The highest BCUT2D eigenvalue weighted by atomic mass is 35.5. The highest BCUT2D eigenvalue weighted by Crippen LogP contribution is 2.31. The van der Waals surface area contributed by atoms with Crippen LogP contribution in [0, 0.1) is 12.8 Å². The lowest BCUT2D eigenvalue weighted by Crippen LogP contribution is -2.36. The number of aliphatic hydroxyl groups is 1. The van der Waals surface area contributed by atoms with Crippen molar-refractivity contribution < 1.29 is 5.11 Å². The first kappa shape index (κ1) is 17.4. The molecule has 1 aromatic heterocycles. The predicted octanol–water partition coefficient (Wildman–Crippen LogP) is 3.21. The number of nitrogens with zero attached hydrogens (tertiary/aromatic N) is 4. The van der Waals surface area contributed by atoms with E-state index < -0.39 is 6.10 Å². The summed E-state index contributed by atoms with van der Waals surface area (Å²) in [6, 6.07) is 7.53. The number of hydrogen-bond acceptors (Lipinski definition) is 4. The van der Waals surface area contributed by atoms with Crippen LogP contribution in [0.1, 0.15) is 43.1 Å². The molecule has 1 aliphatic rings. The summed E-state index contributed by atoms with van der Waals surface area (Å²) < 4.78 is 2.16. The van der Waals surface area contributed by atoms with Crippen LogP contribution < -0.4 is 0 Å². The van der Waals surface area contributed by atoms with Crippen LogP contribution in [0.25, 0.3) is 0 Å². The molecule has 0 aliphatic carbocycles. The number of aryl methyl sites for hydroxylation is 1. The molecule has 1 saturated heterocycles. The Morgan fingerprint density at radius 2 is 1.88 bits per heavy atom. The zero-order chi connectivity index (χ0) is 17.1. The zero-order valence-electron chi connectivity index (χ0n) is 14.3. The fraction of sp³-hybridized carbons (Fsp3) is 0.556. The van der Waals surface area contributed by atoms with Crippen molar-refractivity contribution in [2.45, 2.75) is 45.9 Å². The number of likely N-dealkylation sites (tertiary alicyclic amines) is 1. The Balaban J connectivity index is 1.56. The van der Waals surface area contributed by atoms with Gasteiger partial charge in [0.1, 0.15) is 11.6 Å². The molecule has 5 nitrogen and oxygen atoms in total. The molecule has 0 amide bonds. The van der Waals surface area contributed by atoms with Crippen LogP contribution in [0.4, 0.5) is 0 Å². The van der Waals surface area contributed by atoms with Gasteiger partial charge in [-0.3, -0.25) is 4.90 Å². The molecule has 6 heteroatoms. The lowest BCUT2D eigenvalue weighted by Gasteiger charge is -2.34. The largest absolute Gasteiger partial charge is 0.388 e. The van der Waals surface area contributed by atoms with Crippen LogP contribution >= 0.6 is 11.6 Å². The summed E-state index contributed by atoms with van der Waals surface area (Å²) in [6.45, 7) is 7.80. The van der Waals surface area contributed by atoms with E-state index in [4.69, 9.17) is 11.6 Å². The molecule has 0 saturated carbocycles. The van der Waals surface area contributed by atoms with Crippen LogP contribution in [-0.4, -0.2) is 37.9 Å². The molecule has 0 spiro atoms. The average Bonchev–Trinajstić information content (AvgIpc) is 2.95. The van der Waals surface area contributed by atoms with Crippen LogP contribution in [-0.2, 0) is 13.1 Å². The maximum atomic E-state index is 10.6. The predicted molar refractivity (Wildman–Crippen MR) is 94.8 cm³/mol. The van der Waals surface area contributed by atoms with Gasteiger partial charge in [0.2, 0.25) is 0 Å². The normalized spacial score (nSPS) is 18.0. The maximum Gasteiger partial charge on any atom is 0.147 e. The van der Waals surface area contributed by atoms with Crippen molar-refractivity contribution >= 4 is 11.6 Å². The Kier molecular flexibility index (Phi) is 5.54. The lowest BCUT2D eigenvalue weighted by atomic mass is 9.87. The van der Waals surface area contributed by atoms with E-state index in [1.807, 2.05) is 31.2 Å². The minimum atomic E-state index is -0.411. The van der Waals surface area contributed by atoms with Gasteiger partial charge in [-0.1, -0.05) is 23.7 Å². The van der Waals surface area contributed by atoms with Crippen molar-refractivity contribution in [2.24, 2.45) is 5.92 Å². The SMILES string of the molecule is CCn1c(C)nnc1CN1CCC(C(O)c2ccc(Cl)cc2)CC1. The summed E-state index contributed by atoms with van der Waals surface area (Å²) in [4.78, 5) is 2.40. The Morgan fingerprint density at radius 1 is 1.21 bits per heavy atom. The molecule has 1 aromatic carbocycles. The van der Waals surface area contributed by atoms with Gasteiger partial charge >= 0.3 is 0 Å². The molecule has 0 radical (unpaired) electrons. The van der Waals surface area contributed by atoms with Gasteiger partial charge in [-0.25, -0.2) is 0 Å². The summed E-state index contributed by atoms with van der Waals surface area (Å²) in [5, 5.41) is 19.8. The lowest BCUT2D eigenvalue weighted by molar-refractivity contribution is 0.0557. The van der Waals surface area contributed by atoms with E-state index in [1.54, 1.807) is 0 Å². The fourth-order valence-electron chi connectivity index (χ4n) is 3.51. The number of benzene rings is 1. The van der Waals surface area contributed by atoms with Crippen molar-refractivity contribution in [3.63, 3.8) is 0 Å². The third kappa shape index (κ3) is 3.79. The summed E-state index contributed by atoms with van der Waals surface area (Å²) in [5.74, 6) is 2.31. The Labute approximate surface area is 148 Å². The van der Waals surface area contributed by atoms with E-state index >= 15 is 0 Å². The third-order valence-corrected chi connectivity index (χ3v) is 5.24. The number of rotatable bonds is 5. The summed E-state index contributed by atoms with van der Waals surface area (Å²) >= 11 is 5.92. The van der Waals surface area contributed by atoms with Gasteiger partial charge in [-0.15, -0.1) is 10.2 Å². The van der Waals surface area contributed by atoms with Crippen molar-refractivity contribution in [3.8, 4) is 0 Å². The van der Waals surface area contributed by atoms with Gasteiger partial charge < -0.3 is 9.67 Å². The van der Waals surface area contributed by atoms with E-state index in [0.29, 0.717) is 10.9 Å². The number of aliphatic hydroxyl groups excluding tert-OH is 1. The molecule has 1 atom stereocenters. The van der Waals surface area contributed by atoms with Gasteiger partial charge in [0.25, 0.3) is 0 Å². The fourth-order valence-corrected chi connectivity index (χ4v) is 3.64. The third-order valence-electron chi connectivity index (χ3n) is 4.98. The minimum absolute atomic E-state index is 0.299.